The molecule has 48 heavy (non-hydrogen) atoms. The van der Waals surface area contributed by atoms with Crippen LogP contribution in [0.3, 0.4) is 0 Å². The summed E-state index contributed by atoms with van der Waals surface area (Å²) in [6.45, 7) is 5.72. The first-order chi connectivity index (χ1) is 23.1. The molecule has 0 aliphatic carbocycles. The van der Waals surface area contributed by atoms with Gasteiger partial charge in [0.15, 0.2) is 0 Å². The fraction of sp³-hybridized carbons (Fsp3) is 0.135. The lowest BCUT2D eigenvalue weighted by Gasteiger charge is -2.19. The highest BCUT2D eigenvalue weighted by atomic mass is 79.9. The Morgan fingerprint density at radius 1 is 0.896 bits per heavy atom. The number of anilines is 3. The van der Waals surface area contributed by atoms with E-state index in [0.717, 1.165) is 54.4 Å². The molecular weight excluding hydrogens is 672 g/mol. The van der Waals surface area contributed by atoms with Crippen molar-refractivity contribution in [2.45, 2.75) is 32.9 Å². The maximum absolute atomic E-state index is 12.9. The number of hydrogen-bond acceptors (Lipinski definition) is 7. The molecule has 3 aromatic heterocycles. The quantitative estimate of drug-likeness (QED) is 0.151. The molecule has 0 spiro atoms. The largest absolute Gasteiger partial charge is 0.455 e. The van der Waals surface area contributed by atoms with Gasteiger partial charge in [-0.1, -0.05) is 42.5 Å². The van der Waals surface area contributed by atoms with Crippen LogP contribution in [-0.2, 0) is 11.3 Å². The first-order valence-electron chi connectivity index (χ1n) is 15.3. The van der Waals surface area contributed by atoms with Crippen LogP contribution < -0.4 is 16.0 Å². The zero-order valence-electron chi connectivity index (χ0n) is 26.4. The van der Waals surface area contributed by atoms with E-state index in [1.807, 2.05) is 81.4 Å². The molecule has 0 aliphatic heterocycles. The Morgan fingerprint density at radius 2 is 1.62 bits per heavy atom. The zero-order valence-corrected chi connectivity index (χ0v) is 28.0. The van der Waals surface area contributed by atoms with E-state index in [-0.39, 0.29) is 5.91 Å². The lowest BCUT2D eigenvalue weighted by molar-refractivity contribution is 0.0523. The highest BCUT2D eigenvalue weighted by Crippen LogP contribution is 2.36. The Hall–Kier alpha value is -5.68. The maximum Gasteiger partial charge on any atom is 0.407 e. The molecule has 11 heteroatoms. The predicted octanol–water partition coefficient (Wildman–Crippen LogP) is 9.08. The van der Waals surface area contributed by atoms with Gasteiger partial charge in [0.05, 0.1) is 21.9 Å². The first-order valence-corrected chi connectivity index (χ1v) is 16.1. The molecular formula is C37H31BrN6O4. The summed E-state index contributed by atoms with van der Waals surface area (Å²) in [5.74, 6) is 0.263. The molecule has 0 fully saturated rings. The molecule has 2 amide bonds. The smallest absolute Gasteiger partial charge is 0.407 e. The van der Waals surface area contributed by atoms with E-state index in [1.54, 1.807) is 35.0 Å². The van der Waals surface area contributed by atoms with Crippen LogP contribution in [0.5, 0.6) is 0 Å². The van der Waals surface area contributed by atoms with E-state index in [1.165, 1.54) is 0 Å². The third-order valence-corrected chi connectivity index (χ3v) is 8.20. The zero-order chi connectivity index (χ0) is 33.4. The number of ether oxygens (including phenoxy) is 1. The van der Waals surface area contributed by atoms with Crippen molar-refractivity contribution in [2.24, 2.45) is 0 Å². The number of carbonyl (C=O) groups excluding carboxylic acids is 2. The summed E-state index contributed by atoms with van der Waals surface area (Å²) < 4.78 is 14.1. The van der Waals surface area contributed by atoms with Gasteiger partial charge in [0.2, 0.25) is 5.95 Å². The molecule has 7 aromatic rings. The SMILES string of the molecule is CC(C)(C)OC(=O)NCc1ccc(C(=O)Nc2ccc(Nc3nc(-c4cccc5c4oc4ccccc45)cc4c(Br)cnn34)cc2)cc1. The van der Waals surface area contributed by atoms with Crippen molar-refractivity contribution in [1.82, 2.24) is 19.9 Å². The summed E-state index contributed by atoms with van der Waals surface area (Å²) >= 11 is 3.63. The Kier molecular flexibility index (Phi) is 8.06. The van der Waals surface area contributed by atoms with Crippen LogP contribution in [-0.4, -0.2) is 32.2 Å². The van der Waals surface area contributed by atoms with Crippen LogP contribution in [0.25, 0.3) is 38.7 Å². The molecule has 3 N–H and O–H groups in total. The number of para-hydroxylation sites is 2. The third-order valence-electron chi connectivity index (χ3n) is 7.59. The van der Waals surface area contributed by atoms with E-state index in [2.05, 4.69) is 49.1 Å². The van der Waals surface area contributed by atoms with Crippen LogP contribution in [0.2, 0.25) is 0 Å². The molecule has 0 unspecified atom stereocenters. The fourth-order valence-electron chi connectivity index (χ4n) is 5.36. The number of hydrogen-bond donors (Lipinski definition) is 3. The molecule has 0 atom stereocenters. The molecule has 4 aromatic carbocycles. The molecule has 0 radical (unpaired) electrons. The van der Waals surface area contributed by atoms with Gasteiger partial charge in [-0.25, -0.2) is 9.78 Å². The van der Waals surface area contributed by atoms with E-state index in [4.69, 9.17) is 14.1 Å². The van der Waals surface area contributed by atoms with Gasteiger partial charge in [-0.3, -0.25) is 4.79 Å². The maximum atomic E-state index is 12.9. The average molecular weight is 704 g/mol. The normalized spacial score (nSPS) is 11.6. The number of aromatic nitrogens is 3. The van der Waals surface area contributed by atoms with Gasteiger partial charge in [0, 0.05) is 39.8 Å². The van der Waals surface area contributed by atoms with Gasteiger partial charge >= 0.3 is 6.09 Å². The summed E-state index contributed by atoms with van der Waals surface area (Å²) in [7, 11) is 0. The fourth-order valence-corrected chi connectivity index (χ4v) is 5.73. The van der Waals surface area contributed by atoms with Gasteiger partial charge in [-0.2, -0.15) is 9.61 Å². The van der Waals surface area contributed by atoms with Gasteiger partial charge in [0.25, 0.3) is 5.91 Å². The number of alkyl carbamates (subject to hydrolysis) is 1. The second-order valence-electron chi connectivity index (χ2n) is 12.2. The molecule has 0 bridgehead atoms. The summed E-state index contributed by atoms with van der Waals surface area (Å²) in [5, 5.41) is 15.6. The van der Waals surface area contributed by atoms with E-state index in [9.17, 15) is 9.59 Å². The minimum absolute atomic E-state index is 0.250. The Bertz CT molecular complexity index is 2300. The van der Waals surface area contributed by atoms with Crippen molar-refractivity contribution >= 4 is 72.7 Å². The van der Waals surface area contributed by atoms with Gasteiger partial charge in [-0.05, 0) is 96.9 Å². The van der Waals surface area contributed by atoms with Gasteiger partial charge in [-0.15, -0.1) is 0 Å². The second-order valence-corrected chi connectivity index (χ2v) is 13.1. The molecule has 0 aliphatic rings. The van der Waals surface area contributed by atoms with Crippen LogP contribution >= 0.6 is 15.9 Å². The lowest BCUT2D eigenvalue weighted by atomic mass is 10.1. The number of furan rings is 1. The van der Waals surface area contributed by atoms with Crippen molar-refractivity contribution in [3.63, 3.8) is 0 Å². The van der Waals surface area contributed by atoms with Crippen molar-refractivity contribution in [3.8, 4) is 11.3 Å². The molecule has 0 saturated heterocycles. The number of fused-ring (bicyclic) bond motifs is 4. The summed E-state index contributed by atoms with van der Waals surface area (Å²) in [6.07, 6.45) is 1.24. The number of rotatable bonds is 7. The standard InChI is InChI=1S/C37H31BrN6O4/c1-37(2,3)48-36(46)39-20-22-11-13-23(14-12-22)34(45)41-24-15-17-25(18-16-24)42-35-43-30(19-31-29(38)21-40-44(31)35)28-9-6-8-27-26-7-4-5-10-32(26)47-33(27)28/h4-19,21H,20H2,1-3H3,(H,39,46)(H,41,45)(H,42,43). The predicted molar refractivity (Wildman–Crippen MR) is 191 cm³/mol. The third kappa shape index (κ3) is 6.45. The van der Waals surface area contributed by atoms with E-state index in [0.29, 0.717) is 23.7 Å². The number of benzene rings is 4. The minimum atomic E-state index is -0.571. The molecule has 10 nitrogen and oxygen atoms in total. The summed E-state index contributed by atoms with van der Waals surface area (Å²) in [6, 6.07) is 30.4. The Balaban J connectivity index is 1.07. The number of nitrogens with one attached hydrogen (secondary N) is 3. The van der Waals surface area contributed by atoms with Crippen molar-refractivity contribution in [1.29, 1.82) is 0 Å². The second kappa shape index (κ2) is 12.5. The summed E-state index contributed by atoms with van der Waals surface area (Å²) in [5.41, 5.74) is 6.18. The van der Waals surface area contributed by atoms with Crippen molar-refractivity contribution < 1.29 is 18.7 Å². The van der Waals surface area contributed by atoms with Crippen molar-refractivity contribution in [3.05, 3.63) is 119 Å². The number of halogens is 1. The average Bonchev–Trinajstić information content (AvgIpc) is 3.64. The monoisotopic (exact) mass is 702 g/mol. The number of amides is 2. The Morgan fingerprint density at radius 3 is 2.40 bits per heavy atom. The molecule has 3 heterocycles. The van der Waals surface area contributed by atoms with E-state index >= 15 is 0 Å². The summed E-state index contributed by atoms with van der Waals surface area (Å²) in [4.78, 5) is 29.8. The lowest BCUT2D eigenvalue weighted by Crippen LogP contribution is -2.32. The molecule has 7 rings (SSSR count). The van der Waals surface area contributed by atoms with Crippen LogP contribution in [0.4, 0.5) is 22.1 Å². The minimum Gasteiger partial charge on any atom is -0.455 e. The molecule has 240 valence electrons. The van der Waals surface area contributed by atoms with E-state index < -0.39 is 11.7 Å². The molecule has 0 saturated carbocycles. The van der Waals surface area contributed by atoms with Gasteiger partial charge in [0.1, 0.15) is 16.8 Å². The Labute approximate surface area is 284 Å². The van der Waals surface area contributed by atoms with Crippen LogP contribution in [0.15, 0.2) is 112 Å². The highest BCUT2D eigenvalue weighted by Gasteiger charge is 2.18. The van der Waals surface area contributed by atoms with Crippen molar-refractivity contribution in [2.75, 3.05) is 10.6 Å². The van der Waals surface area contributed by atoms with Gasteiger partial charge < -0.3 is 25.1 Å². The first kappa shape index (κ1) is 30.9. The topological polar surface area (TPSA) is 123 Å². The van der Waals surface area contributed by atoms with Crippen LogP contribution in [0.1, 0.15) is 36.7 Å². The number of nitrogens with zero attached hydrogens (tertiary/aromatic N) is 3. The number of carbonyl (C=O) groups is 2. The van der Waals surface area contributed by atoms with Crippen LogP contribution in [0, 0.1) is 0 Å². The highest BCUT2D eigenvalue weighted by molar-refractivity contribution is 9.10.